The third kappa shape index (κ3) is 9.11. The number of hydrogen-bond acceptors (Lipinski definition) is 6. The van der Waals surface area contributed by atoms with E-state index >= 15 is 0 Å². The summed E-state index contributed by atoms with van der Waals surface area (Å²) in [6, 6.07) is 79.6. The molecule has 0 fully saturated rings. The Morgan fingerprint density at radius 1 is 0.430 bits per heavy atom. The number of rotatable bonds is 5. The van der Waals surface area contributed by atoms with Crippen LogP contribution < -0.4 is 0 Å². The maximum Gasteiger partial charge on any atom is 0.160 e. The van der Waals surface area contributed by atoms with Crippen LogP contribution in [0.5, 0.6) is 0 Å². The minimum atomic E-state index is 0.689. The molecule has 2 aliphatic carbocycles. The molecule has 0 aliphatic heterocycles. The van der Waals surface area contributed by atoms with E-state index in [4.69, 9.17) is 15.0 Å². The number of allylic oxidation sites excluding steroid dienone is 6. The van der Waals surface area contributed by atoms with E-state index in [0.717, 1.165) is 72.3 Å². The Hall–Kier alpha value is -10.1. The van der Waals surface area contributed by atoms with Gasteiger partial charge in [0.05, 0.1) is 39.3 Å². The maximum atomic E-state index is 4.99. The predicted octanol–water partition coefficient (Wildman–Crippen LogP) is 17.8. The molecule has 0 spiro atoms. The number of para-hydroxylation sites is 1. The summed E-state index contributed by atoms with van der Waals surface area (Å²) in [7, 11) is 0. The van der Waals surface area contributed by atoms with Gasteiger partial charge in [0.1, 0.15) is 34.6 Å². The first kappa shape index (κ1) is 47.3. The number of fused-ring (bicyclic) bond motifs is 9. The normalized spacial score (nSPS) is 12.3. The van der Waals surface area contributed by atoms with Gasteiger partial charge < -0.3 is 4.57 Å². The van der Waals surface area contributed by atoms with Crippen LogP contribution in [0.2, 0.25) is 0 Å². The van der Waals surface area contributed by atoms with Crippen molar-refractivity contribution >= 4 is 86.9 Å². The summed E-state index contributed by atoms with van der Waals surface area (Å²) in [5.74, 6) is 1.39. The maximum absolute atomic E-state index is 4.99. The molecule has 5 heterocycles. The average Bonchev–Trinajstić information content (AvgIpc) is 4.21. The molecule has 0 saturated carbocycles. The Labute approximate surface area is 464 Å². The first-order valence-corrected chi connectivity index (χ1v) is 27.0. The van der Waals surface area contributed by atoms with Crippen LogP contribution in [-0.4, -0.2) is 34.5 Å². The van der Waals surface area contributed by atoms with Crippen molar-refractivity contribution in [1.29, 1.82) is 0 Å². The number of nitrogens with zero attached hydrogens (tertiary/aromatic N) is 7. The highest BCUT2D eigenvalue weighted by Crippen LogP contribution is 2.39. The fraction of sp³-hybridized carbons (Fsp3) is 0.0141. The van der Waals surface area contributed by atoms with Crippen LogP contribution in [0.1, 0.15) is 11.1 Å². The van der Waals surface area contributed by atoms with Crippen LogP contribution in [0, 0.1) is 6.08 Å². The quantitative estimate of drug-likeness (QED) is 0.160. The lowest BCUT2D eigenvalue weighted by Crippen LogP contribution is -1.97. The Kier molecular flexibility index (Phi) is 12.3. The van der Waals surface area contributed by atoms with Crippen molar-refractivity contribution in [2.75, 3.05) is 0 Å². The Morgan fingerprint density at radius 2 is 0.962 bits per heavy atom. The minimum absolute atomic E-state index is 0.689. The lowest BCUT2D eigenvalue weighted by Gasteiger charge is -2.11. The standard InChI is InChI=1S/C35H22N4.C19H12BrN3.C17H11/c1-2-9-23(10-3-1)33-34-30(14-8-20-36-34)37-35(38-33)24-16-18-27(19-17-24)39-31-15-7-6-13-28(31)29-21-25-11-4-5-12-26(25)22-32(29)39;20-15-10-8-14(9-11-15)19-22-16-7-4-12-21-18(16)17(23-19)13-5-2-1-3-6-13;1-2-6-13-11-17-15(9-12(13)5-1)10-14-7-3-4-8-16(14)17/h1-22H;1-12H;1-2,4-9,11H,10H2/q;;+1. The Bertz CT molecular complexity index is 4740. The van der Waals surface area contributed by atoms with Crippen molar-refractivity contribution < 1.29 is 0 Å². The molecule has 0 bridgehead atoms. The van der Waals surface area contributed by atoms with Gasteiger partial charge in [0.15, 0.2) is 11.6 Å². The smallest absolute Gasteiger partial charge is 0.160 e. The predicted molar refractivity (Wildman–Crippen MR) is 327 cm³/mol. The van der Waals surface area contributed by atoms with Crippen molar-refractivity contribution in [2.45, 2.75) is 6.42 Å². The van der Waals surface area contributed by atoms with Gasteiger partial charge in [-0.3, -0.25) is 9.97 Å². The van der Waals surface area contributed by atoms with Crippen LogP contribution in [-0.2, 0) is 6.42 Å². The molecule has 0 radical (unpaired) electrons. The van der Waals surface area contributed by atoms with Gasteiger partial charge in [-0.05, 0) is 118 Å². The van der Waals surface area contributed by atoms with E-state index in [9.17, 15) is 0 Å². The molecular weight excluding hydrogens is 1030 g/mol. The molecule has 5 aromatic heterocycles. The van der Waals surface area contributed by atoms with E-state index < -0.39 is 0 Å². The van der Waals surface area contributed by atoms with Crippen molar-refractivity contribution in [3.63, 3.8) is 0 Å². The van der Waals surface area contributed by atoms with Crippen LogP contribution >= 0.6 is 15.9 Å². The van der Waals surface area contributed by atoms with E-state index in [2.05, 4.69) is 187 Å². The summed E-state index contributed by atoms with van der Waals surface area (Å²) in [6.45, 7) is 0. The first-order chi connectivity index (χ1) is 39.1. The lowest BCUT2D eigenvalue weighted by atomic mass is 9.99. The molecule has 370 valence electrons. The van der Waals surface area contributed by atoms with E-state index in [1.54, 1.807) is 12.4 Å². The molecular formula is C71H45BrN7+. The molecule has 0 atom stereocenters. The number of pyridine rings is 2. The van der Waals surface area contributed by atoms with E-state index in [1.165, 1.54) is 65.6 Å². The zero-order chi connectivity index (χ0) is 52.7. The monoisotopic (exact) mass is 1070 g/mol. The highest BCUT2D eigenvalue weighted by Gasteiger charge is 2.26. The zero-order valence-corrected chi connectivity index (χ0v) is 44.1. The number of halogens is 1. The molecule has 9 aromatic carbocycles. The summed E-state index contributed by atoms with van der Waals surface area (Å²) >= 11 is 3.46. The van der Waals surface area contributed by atoms with Crippen LogP contribution in [0.4, 0.5) is 0 Å². The van der Waals surface area contributed by atoms with E-state index in [0.29, 0.717) is 11.6 Å². The highest BCUT2D eigenvalue weighted by molar-refractivity contribution is 9.10. The van der Waals surface area contributed by atoms with E-state index in [1.807, 2.05) is 103 Å². The van der Waals surface area contributed by atoms with Gasteiger partial charge in [-0.2, -0.15) is 0 Å². The Morgan fingerprint density at radius 3 is 1.58 bits per heavy atom. The highest BCUT2D eigenvalue weighted by atomic mass is 79.9. The van der Waals surface area contributed by atoms with Gasteiger partial charge in [-0.25, -0.2) is 19.9 Å². The topological polar surface area (TPSA) is 82.3 Å². The van der Waals surface area contributed by atoms with Gasteiger partial charge in [0, 0.05) is 73.6 Å². The fourth-order valence-electron chi connectivity index (χ4n) is 10.8. The summed E-state index contributed by atoms with van der Waals surface area (Å²) in [5.41, 5.74) is 18.1. The molecule has 0 unspecified atom stereocenters. The van der Waals surface area contributed by atoms with Gasteiger partial charge in [0.25, 0.3) is 0 Å². The second-order valence-corrected chi connectivity index (χ2v) is 20.4. The molecule has 0 saturated heterocycles. The molecule has 0 amide bonds. The molecule has 7 nitrogen and oxygen atoms in total. The van der Waals surface area contributed by atoms with Gasteiger partial charge >= 0.3 is 0 Å². The van der Waals surface area contributed by atoms with Crippen LogP contribution in [0.3, 0.4) is 0 Å². The molecule has 8 heteroatoms. The average molecular weight is 1080 g/mol. The summed E-state index contributed by atoms with van der Waals surface area (Å²) in [4.78, 5) is 28.4. The number of hydrogen-bond donors (Lipinski definition) is 0. The minimum Gasteiger partial charge on any atom is -0.309 e. The second kappa shape index (κ2) is 20.4. The Balaban J connectivity index is 0.000000119. The van der Waals surface area contributed by atoms with Crippen molar-refractivity contribution in [3.8, 4) is 51.0 Å². The first-order valence-electron chi connectivity index (χ1n) is 26.2. The summed E-state index contributed by atoms with van der Waals surface area (Å²) in [6.07, 6.45) is 14.1. The largest absolute Gasteiger partial charge is 0.309 e. The molecule has 16 rings (SSSR count). The summed E-state index contributed by atoms with van der Waals surface area (Å²) in [5, 5.41) is 7.65. The fourth-order valence-corrected chi connectivity index (χ4v) is 11.1. The van der Waals surface area contributed by atoms with Crippen molar-refractivity contribution in [3.05, 3.63) is 288 Å². The molecule has 79 heavy (non-hydrogen) atoms. The number of benzene rings is 9. The molecule has 2 aliphatic rings. The van der Waals surface area contributed by atoms with Gasteiger partial charge in [-0.15, -0.1) is 0 Å². The molecule has 0 N–H and O–H groups in total. The van der Waals surface area contributed by atoms with Crippen molar-refractivity contribution in [2.24, 2.45) is 0 Å². The van der Waals surface area contributed by atoms with Gasteiger partial charge in [-0.1, -0.05) is 155 Å². The SMILES string of the molecule is Brc1ccc(-c2nc(-c3ccccc3)c3ncccc3n2)cc1.[C+]1=CC2=C(C=C1)c1cc3ccccc3cc1C2.c1ccc(-c2nc(-c3ccc(-n4c5ccccc5c5cc6ccccc6cc54)cc3)nc3cccnc23)cc1. The number of aromatic nitrogens is 7. The lowest BCUT2D eigenvalue weighted by molar-refractivity contribution is 1.17. The van der Waals surface area contributed by atoms with E-state index in [-0.39, 0.29) is 0 Å². The van der Waals surface area contributed by atoms with Crippen LogP contribution in [0.25, 0.3) is 122 Å². The van der Waals surface area contributed by atoms with Gasteiger partial charge in [0.2, 0.25) is 0 Å². The second-order valence-electron chi connectivity index (χ2n) is 19.5. The zero-order valence-electron chi connectivity index (χ0n) is 42.5. The third-order valence-electron chi connectivity index (χ3n) is 14.6. The van der Waals surface area contributed by atoms with Crippen LogP contribution in [0.15, 0.2) is 271 Å². The molecule has 14 aromatic rings. The van der Waals surface area contributed by atoms with Crippen molar-refractivity contribution in [1.82, 2.24) is 34.5 Å². The third-order valence-corrected chi connectivity index (χ3v) is 15.2. The summed E-state index contributed by atoms with van der Waals surface area (Å²) < 4.78 is 3.38.